The average Bonchev–Trinajstić information content (AvgIpc) is 2.83. The maximum absolute atomic E-state index is 13.2. The van der Waals surface area contributed by atoms with Crippen LogP contribution >= 0.6 is 0 Å². The van der Waals surface area contributed by atoms with Gasteiger partial charge >= 0.3 is 0 Å². The molecule has 1 aromatic carbocycles. The molecule has 9 heteroatoms. The van der Waals surface area contributed by atoms with Crippen molar-refractivity contribution >= 4 is 11.9 Å². The first kappa shape index (κ1) is 22.6. The summed E-state index contributed by atoms with van der Waals surface area (Å²) in [5.41, 5.74) is 3.73. The van der Waals surface area contributed by atoms with E-state index in [2.05, 4.69) is 15.0 Å². The van der Waals surface area contributed by atoms with Gasteiger partial charge in [-0.2, -0.15) is 0 Å². The van der Waals surface area contributed by atoms with Gasteiger partial charge in [0.2, 0.25) is 5.95 Å². The van der Waals surface area contributed by atoms with Crippen LogP contribution in [0.4, 0.5) is 5.95 Å². The van der Waals surface area contributed by atoms with E-state index in [9.17, 15) is 4.79 Å². The van der Waals surface area contributed by atoms with E-state index >= 15 is 0 Å². The Morgan fingerprint density at radius 3 is 2.55 bits per heavy atom. The molecular weight excluding hydrogens is 420 g/mol. The molecule has 1 fully saturated rings. The second kappa shape index (κ2) is 9.50. The molecule has 33 heavy (non-hydrogen) atoms. The number of carbonyl (C=O) groups is 1. The van der Waals surface area contributed by atoms with Crippen LogP contribution in [0.3, 0.4) is 0 Å². The fraction of sp³-hybridized carbons (Fsp3) is 0.375. The van der Waals surface area contributed by atoms with E-state index in [-0.39, 0.29) is 5.91 Å². The second-order valence-electron chi connectivity index (χ2n) is 8.12. The molecule has 0 bridgehead atoms. The molecule has 172 valence electrons. The van der Waals surface area contributed by atoms with Crippen LogP contribution in [0.1, 0.15) is 33.7 Å². The zero-order valence-electron chi connectivity index (χ0n) is 19.6. The summed E-state index contributed by atoms with van der Waals surface area (Å²) < 4.78 is 11.4. The predicted molar refractivity (Wildman–Crippen MR) is 124 cm³/mol. The SMILES string of the molecule is COc1ccc(-c2cnc(N(C)C)nc2[C@H]2CN(C(=O)c3cnc(C)nc3C)CCO2)cc1. The minimum atomic E-state index is -0.395. The molecule has 3 aromatic rings. The summed E-state index contributed by atoms with van der Waals surface area (Å²) in [6.07, 6.45) is 3.01. The lowest BCUT2D eigenvalue weighted by Gasteiger charge is -2.33. The molecule has 0 N–H and O–H groups in total. The van der Waals surface area contributed by atoms with E-state index in [0.29, 0.717) is 42.7 Å². The molecule has 9 nitrogen and oxygen atoms in total. The Morgan fingerprint density at radius 2 is 1.88 bits per heavy atom. The summed E-state index contributed by atoms with van der Waals surface area (Å²) in [4.78, 5) is 34.7. The van der Waals surface area contributed by atoms with Gasteiger partial charge in [0.25, 0.3) is 5.91 Å². The standard InChI is InChI=1S/C24H28N6O3/c1-15-19(12-25-16(2)27-15)23(31)30-10-11-33-21(14-30)22-20(13-26-24(28-22)29(3)4)17-6-8-18(32-5)9-7-17/h6-9,12-13,21H,10-11,14H2,1-5H3/t21-/m1/s1. The highest BCUT2D eigenvalue weighted by molar-refractivity contribution is 5.95. The van der Waals surface area contributed by atoms with Crippen molar-refractivity contribution < 1.29 is 14.3 Å². The van der Waals surface area contributed by atoms with E-state index in [1.807, 2.05) is 63.3 Å². The number of ether oxygens (including phenoxy) is 2. The summed E-state index contributed by atoms with van der Waals surface area (Å²) in [6.45, 7) is 4.91. The van der Waals surface area contributed by atoms with Crippen molar-refractivity contribution in [1.29, 1.82) is 0 Å². The number of nitrogens with zero attached hydrogens (tertiary/aromatic N) is 6. The Morgan fingerprint density at radius 1 is 1.12 bits per heavy atom. The maximum Gasteiger partial charge on any atom is 0.257 e. The van der Waals surface area contributed by atoms with Crippen LogP contribution in [0.25, 0.3) is 11.1 Å². The number of hydrogen-bond acceptors (Lipinski definition) is 8. The first-order chi connectivity index (χ1) is 15.9. The molecule has 0 spiro atoms. The van der Waals surface area contributed by atoms with Gasteiger partial charge in [-0.1, -0.05) is 12.1 Å². The summed E-state index contributed by atoms with van der Waals surface area (Å²) in [5, 5.41) is 0. The highest BCUT2D eigenvalue weighted by atomic mass is 16.5. The van der Waals surface area contributed by atoms with Crippen LogP contribution < -0.4 is 9.64 Å². The summed E-state index contributed by atoms with van der Waals surface area (Å²) in [5.74, 6) is 1.89. The van der Waals surface area contributed by atoms with Gasteiger partial charge in [-0.3, -0.25) is 4.79 Å². The largest absolute Gasteiger partial charge is 0.497 e. The van der Waals surface area contributed by atoms with Gasteiger partial charge in [0, 0.05) is 38.6 Å². The molecule has 1 atom stereocenters. The second-order valence-corrected chi connectivity index (χ2v) is 8.12. The molecule has 0 saturated carbocycles. The van der Waals surface area contributed by atoms with Gasteiger partial charge in [0.05, 0.1) is 37.2 Å². The van der Waals surface area contributed by atoms with Crippen molar-refractivity contribution in [1.82, 2.24) is 24.8 Å². The van der Waals surface area contributed by atoms with E-state index in [1.54, 1.807) is 18.2 Å². The van der Waals surface area contributed by atoms with Crippen LogP contribution in [0.2, 0.25) is 0 Å². The zero-order chi connectivity index (χ0) is 23.5. The number of anilines is 1. The number of amides is 1. The van der Waals surface area contributed by atoms with E-state index in [1.165, 1.54) is 0 Å². The average molecular weight is 449 g/mol. The van der Waals surface area contributed by atoms with E-state index in [0.717, 1.165) is 22.6 Å². The molecule has 1 aliphatic heterocycles. The number of benzene rings is 1. The summed E-state index contributed by atoms with van der Waals surface area (Å²) >= 11 is 0. The maximum atomic E-state index is 13.2. The molecule has 1 saturated heterocycles. The third-order valence-electron chi connectivity index (χ3n) is 5.60. The lowest BCUT2D eigenvalue weighted by atomic mass is 10.0. The van der Waals surface area contributed by atoms with Gasteiger partial charge in [-0.05, 0) is 31.5 Å². The Hall–Kier alpha value is -3.59. The highest BCUT2D eigenvalue weighted by Crippen LogP contribution is 2.32. The minimum Gasteiger partial charge on any atom is -0.497 e. The Balaban J connectivity index is 1.67. The number of methoxy groups -OCH3 is 1. The molecule has 2 aromatic heterocycles. The Labute approximate surface area is 193 Å². The quantitative estimate of drug-likeness (QED) is 0.588. The number of carbonyl (C=O) groups excluding carboxylic acids is 1. The minimum absolute atomic E-state index is 0.103. The highest BCUT2D eigenvalue weighted by Gasteiger charge is 2.30. The van der Waals surface area contributed by atoms with E-state index < -0.39 is 6.10 Å². The molecule has 0 aliphatic carbocycles. The van der Waals surface area contributed by atoms with Crippen molar-refractivity contribution in [2.75, 3.05) is 45.8 Å². The van der Waals surface area contributed by atoms with Gasteiger partial charge in [-0.15, -0.1) is 0 Å². The monoisotopic (exact) mass is 448 g/mol. The normalized spacial score (nSPS) is 15.9. The first-order valence-electron chi connectivity index (χ1n) is 10.8. The third-order valence-corrected chi connectivity index (χ3v) is 5.60. The zero-order valence-corrected chi connectivity index (χ0v) is 19.6. The van der Waals surface area contributed by atoms with Gasteiger partial charge in [-0.25, -0.2) is 19.9 Å². The van der Waals surface area contributed by atoms with Crippen LogP contribution in [-0.4, -0.2) is 71.6 Å². The molecule has 0 radical (unpaired) electrons. The third kappa shape index (κ3) is 4.78. The van der Waals surface area contributed by atoms with Gasteiger partial charge in [0.15, 0.2) is 0 Å². The fourth-order valence-corrected chi connectivity index (χ4v) is 3.80. The molecule has 1 aliphatic rings. The molecular formula is C24H28N6O3. The number of morpholine rings is 1. The Bertz CT molecular complexity index is 1150. The topological polar surface area (TPSA) is 93.6 Å². The first-order valence-corrected chi connectivity index (χ1v) is 10.8. The number of aryl methyl sites for hydroxylation is 2. The van der Waals surface area contributed by atoms with Crippen LogP contribution in [-0.2, 0) is 4.74 Å². The number of hydrogen-bond donors (Lipinski definition) is 0. The van der Waals surface area contributed by atoms with Crippen molar-refractivity contribution in [3.63, 3.8) is 0 Å². The number of aromatic nitrogens is 4. The van der Waals surface area contributed by atoms with Crippen LogP contribution in [0, 0.1) is 13.8 Å². The molecule has 4 rings (SSSR count). The predicted octanol–water partition coefficient (Wildman–Crippen LogP) is 2.84. The lowest BCUT2D eigenvalue weighted by Crippen LogP contribution is -2.43. The molecule has 3 heterocycles. The molecule has 0 unspecified atom stereocenters. The van der Waals surface area contributed by atoms with Crippen molar-refractivity contribution in [3.05, 3.63) is 59.4 Å². The Kier molecular flexibility index (Phi) is 6.50. The molecule has 1 amide bonds. The summed E-state index contributed by atoms with van der Waals surface area (Å²) in [6, 6.07) is 7.73. The van der Waals surface area contributed by atoms with Gasteiger partial charge in [0.1, 0.15) is 17.7 Å². The van der Waals surface area contributed by atoms with Crippen LogP contribution in [0.15, 0.2) is 36.7 Å². The summed E-state index contributed by atoms with van der Waals surface area (Å²) in [7, 11) is 5.42. The van der Waals surface area contributed by atoms with Crippen LogP contribution in [0.5, 0.6) is 5.75 Å². The fourth-order valence-electron chi connectivity index (χ4n) is 3.80. The lowest BCUT2D eigenvalue weighted by molar-refractivity contribution is -0.0245. The van der Waals surface area contributed by atoms with E-state index in [4.69, 9.17) is 14.5 Å². The number of rotatable bonds is 5. The van der Waals surface area contributed by atoms with Crippen molar-refractivity contribution in [2.24, 2.45) is 0 Å². The van der Waals surface area contributed by atoms with Crippen molar-refractivity contribution in [2.45, 2.75) is 20.0 Å². The van der Waals surface area contributed by atoms with Crippen molar-refractivity contribution in [3.8, 4) is 16.9 Å². The smallest absolute Gasteiger partial charge is 0.257 e. The van der Waals surface area contributed by atoms with Gasteiger partial charge < -0.3 is 19.3 Å².